The van der Waals surface area contributed by atoms with Gasteiger partial charge in [-0.25, -0.2) is 0 Å². The van der Waals surface area contributed by atoms with E-state index in [-0.39, 0.29) is 0 Å². The van der Waals surface area contributed by atoms with Gasteiger partial charge in [0.2, 0.25) is 0 Å². The van der Waals surface area contributed by atoms with E-state index >= 15 is 0 Å². The van der Waals surface area contributed by atoms with Crippen LogP contribution in [-0.4, -0.2) is 41.6 Å². The van der Waals surface area contributed by atoms with Crippen LogP contribution in [0.25, 0.3) is 0 Å². The Morgan fingerprint density at radius 2 is 1.68 bits per heavy atom. The quantitative estimate of drug-likeness (QED) is 0.804. The molecule has 0 spiro atoms. The molecule has 0 aromatic rings. The number of rotatable bonds is 3. The van der Waals surface area contributed by atoms with E-state index in [0.717, 1.165) is 6.54 Å². The molecule has 1 aliphatic carbocycles. The molecule has 19 heavy (non-hydrogen) atoms. The summed E-state index contributed by atoms with van der Waals surface area (Å²) in [5, 5.41) is 0. The molecule has 0 aromatic carbocycles. The molecule has 0 atom stereocenters. The van der Waals surface area contributed by atoms with Crippen molar-refractivity contribution in [2.45, 2.75) is 63.5 Å². The minimum Gasteiger partial charge on any atom is -0.330 e. The Morgan fingerprint density at radius 1 is 1.00 bits per heavy atom. The molecule has 112 valence electrons. The lowest BCUT2D eigenvalue weighted by Gasteiger charge is -2.37. The van der Waals surface area contributed by atoms with Crippen LogP contribution in [0.3, 0.4) is 0 Å². The molecule has 0 radical (unpaired) electrons. The van der Waals surface area contributed by atoms with Crippen LogP contribution >= 0.6 is 11.8 Å². The van der Waals surface area contributed by atoms with Crippen LogP contribution in [0.1, 0.15) is 58.8 Å². The summed E-state index contributed by atoms with van der Waals surface area (Å²) >= 11 is 2.14. The predicted molar refractivity (Wildman–Crippen MR) is 86.8 cm³/mol. The zero-order valence-electron chi connectivity index (χ0n) is 12.9. The molecule has 3 heteroatoms. The Bertz CT molecular complexity index is 270. The fraction of sp³-hybridized carbons (Fsp3) is 1.00. The zero-order chi connectivity index (χ0) is 13.8. The van der Waals surface area contributed by atoms with Crippen LogP contribution in [-0.2, 0) is 0 Å². The van der Waals surface area contributed by atoms with E-state index in [1.165, 1.54) is 70.3 Å². The second-order valence-electron chi connectivity index (χ2n) is 7.25. The van der Waals surface area contributed by atoms with Gasteiger partial charge in [-0.1, -0.05) is 39.5 Å². The largest absolute Gasteiger partial charge is 0.330 e. The lowest BCUT2D eigenvalue weighted by molar-refractivity contribution is 0.140. The highest BCUT2D eigenvalue weighted by Crippen LogP contribution is 2.37. The van der Waals surface area contributed by atoms with Gasteiger partial charge in [-0.2, -0.15) is 11.8 Å². The van der Waals surface area contributed by atoms with Crippen molar-refractivity contribution in [1.29, 1.82) is 0 Å². The number of nitrogens with two attached hydrogens (primary N) is 1. The molecule has 1 aliphatic heterocycles. The Kier molecular flexibility index (Phi) is 5.62. The fourth-order valence-electron chi connectivity index (χ4n) is 3.60. The molecule has 2 fully saturated rings. The number of thioether (sulfide) groups is 1. The molecule has 2 N–H and O–H groups in total. The summed E-state index contributed by atoms with van der Waals surface area (Å²) in [6, 6.07) is 0. The van der Waals surface area contributed by atoms with Crippen molar-refractivity contribution in [3.05, 3.63) is 0 Å². The van der Waals surface area contributed by atoms with Gasteiger partial charge in [-0.05, 0) is 37.8 Å². The highest BCUT2D eigenvalue weighted by atomic mass is 32.2. The van der Waals surface area contributed by atoms with Crippen LogP contribution in [0.15, 0.2) is 0 Å². The van der Waals surface area contributed by atoms with Gasteiger partial charge in [0.1, 0.15) is 0 Å². The Morgan fingerprint density at radius 3 is 2.32 bits per heavy atom. The molecule has 2 rings (SSSR count). The Hall–Kier alpha value is 0.270. The summed E-state index contributed by atoms with van der Waals surface area (Å²) in [5.41, 5.74) is 6.61. The summed E-state index contributed by atoms with van der Waals surface area (Å²) in [6.45, 7) is 9.45. The van der Waals surface area contributed by atoms with Crippen LogP contribution in [0, 0.1) is 5.41 Å². The first-order valence-electron chi connectivity index (χ1n) is 8.12. The van der Waals surface area contributed by atoms with Crippen molar-refractivity contribution < 1.29 is 0 Å². The highest BCUT2D eigenvalue weighted by molar-refractivity contribution is 8.00. The Labute approximate surface area is 123 Å². The minimum atomic E-state index is 0.426. The lowest BCUT2D eigenvalue weighted by atomic mass is 9.79. The van der Waals surface area contributed by atoms with Gasteiger partial charge < -0.3 is 10.6 Å². The van der Waals surface area contributed by atoms with E-state index in [1.807, 2.05) is 0 Å². The molecule has 2 nitrogen and oxygen atoms in total. The third-order valence-corrected chi connectivity index (χ3v) is 6.46. The molecule has 2 aliphatic rings. The highest BCUT2D eigenvalue weighted by Gasteiger charge is 2.33. The number of hydrogen-bond donors (Lipinski definition) is 1. The second-order valence-corrected chi connectivity index (χ2v) is 9.05. The molecule has 1 heterocycles. The van der Waals surface area contributed by atoms with Gasteiger partial charge in [0.25, 0.3) is 0 Å². The minimum absolute atomic E-state index is 0.426. The van der Waals surface area contributed by atoms with Crippen LogP contribution in [0.4, 0.5) is 0 Å². The lowest BCUT2D eigenvalue weighted by Crippen LogP contribution is -2.43. The Balaban J connectivity index is 1.93. The van der Waals surface area contributed by atoms with Crippen molar-refractivity contribution >= 4 is 11.8 Å². The normalized spacial score (nSPS) is 28.6. The van der Waals surface area contributed by atoms with Gasteiger partial charge in [-0.3, -0.25) is 0 Å². The van der Waals surface area contributed by atoms with E-state index in [0.29, 0.717) is 10.2 Å². The molecule has 0 bridgehead atoms. The van der Waals surface area contributed by atoms with Gasteiger partial charge in [-0.15, -0.1) is 0 Å². The fourth-order valence-corrected chi connectivity index (χ4v) is 4.74. The first-order valence-corrected chi connectivity index (χ1v) is 9.10. The maximum absolute atomic E-state index is 6.19. The molecule has 0 unspecified atom stereocenters. The summed E-state index contributed by atoms with van der Waals surface area (Å²) in [5.74, 6) is 1.29. The third-order valence-electron chi connectivity index (χ3n) is 5.09. The molecule has 1 saturated carbocycles. The average Bonchev–Trinajstić information content (AvgIpc) is 2.70. The maximum Gasteiger partial charge on any atom is 0.0116 e. The maximum atomic E-state index is 6.19. The van der Waals surface area contributed by atoms with Gasteiger partial charge >= 0.3 is 0 Å². The van der Waals surface area contributed by atoms with Crippen molar-refractivity contribution in [2.75, 3.05) is 31.9 Å². The number of hydrogen-bond acceptors (Lipinski definition) is 3. The van der Waals surface area contributed by atoms with Crippen LogP contribution in [0.2, 0.25) is 0 Å². The van der Waals surface area contributed by atoms with E-state index in [1.54, 1.807) is 0 Å². The SMILES string of the molecule is CC1(C)CCN(CC2(CN)CCCCCC2)CCS1. The third kappa shape index (κ3) is 4.64. The average molecular weight is 285 g/mol. The van der Waals surface area contributed by atoms with Crippen molar-refractivity contribution in [2.24, 2.45) is 11.1 Å². The predicted octanol–water partition coefficient (Wildman–Crippen LogP) is 3.50. The van der Waals surface area contributed by atoms with Gasteiger partial charge in [0.05, 0.1) is 0 Å². The molecular weight excluding hydrogens is 252 g/mol. The van der Waals surface area contributed by atoms with Gasteiger partial charge in [0.15, 0.2) is 0 Å². The van der Waals surface area contributed by atoms with E-state index in [9.17, 15) is 0 Å². The first kappa shape index (κ1) is 15.7. The molecule has 0 amide bonds. The monoisotopic (exact) mass is 284 g/mol. The van der Waals surface area contributed by atoms with Crippen molar-refractivity contribution in [3.63, 3.8) is 0 Å². The standard InChI is InChI=1S/C16H32N2S/c1-15(2)9-10-18(11-12-19-15)14-16(13-17)7-5-3-4-6-8-16/h3-14,17H2,1-2H3. The van der Waals surface area contributed by atoms with Crippen LogP contribution < -0.4 is 5.73 Å². The smallest absolute Gasteiger partial charge is 0.0116 e. The summed E-state index contributed by atoms with van der Waals surface area (Å²) < 4.78 is 0.466. The van der Waals surface area contributed by atoms with E-state index in [2.05, 4.69) is 30.5 Å². The second kappa shape index (κ2) is 6.82. The summed E-state index contributed by atoms with van der Waals surface area (Å²) in [6.07, 6.45) is 9.66. The summed E-state index contributed by atoms with van der Waals surface area (Å²) in [7, 11) is 0. The molecule has 0 aromatic heterocycles. The molecular formula is C16H32N2S. The van der Waals surface area contributed by atoms with E-state index < -0.39 is 0 Å². The first-order chi connectivity index (χ1) is 9.05. The zero-order valence-corrected chi connectivity index (χ0v) is 13.7. The topological polar surface area (TPSA) is 29.3 Å². The number of nitrogens with zero attached hydrogens (tertiary/aromatic N) is 1. The molecule has 1 saturated heterocycles. The summed E-state index contributed by atoms with van der Waals surface area (Å²) in [4.78, 5) is 2.71. The van der Waals surface area contributed by atoms with Crippen LogP contribution in [0.5, 0.6) is 0 Å². The van der Waals surface area contributed by atoms with Crippen molar-refractivity contribution in [3.8, 4) is 0 Å². The van der Waals surface area contributed by atoms with Crippen molar-refractivity contribution in [1.82, 2.24) is 4.90 Å². The van der Waals surface area contributed by atoms with Gasteiger partial charge in [0, 0.05) is 23.6 Å². The van der Waals surface area contributed by atoms with E-state index in [4.69, 9.17) is 5.73 Å².